The number of carbonyl (C=O) groups is 1. The molecule has 0 spiro atoms. The number of hydrogen-bond acceptors (Lipinski definition) is 7. The Bertz CT molecular complexity index is 1090. The molecule has 2 aliphatic heterocycles. The van der Waals surface area contributed by atoms with Crippen LogP contribution in [0.3, 0.4) is 0 Å². The SMILES string of the molecule is O=C(CSc1nnnn1-c1ccc(Cl)cc1)N1CCC[C@@H]1c1ccc2c(c1)OCCO2. The van der Waals surface area contributed by atoms with Gasteiger partial charge in [-0.15, -0.1) is 5.10 Å². The van der Waals surface area contributed by atoms with Crippen LogP contribution in [0.5, 0.6) is 11.5 Å². The van der Waals surface area contributed by atoms with E-state index in [4.69, 9.17) is 21.1 Å². The van der Waals surface area contributed by atoms with Gasteiger partial charge in [0.05, 0.1) is 17.5 Å². The zero-order valence-corrected chi connectivity index (χ0v) is 18.2. The molecule has 31 heavy (non-hydrogen) atoms. The molecule has 5 rings (SSSR count). The van der Waals surface area contributed by atoms with Crippen LogP contribution in [0.1, 0.15) is 24.4 Å². The standard InChI is InChI=1S/C21H20ClN5O3S/c22-15-4-6-16(7-5-15)27-21(23-24-25-27)31-13-20(28)26-9-1-2-17(26)14-3-8-18-19(12-14)30-11-10-29-18/h3-8,12,17H,1-2,9-11,13H2/t17-/m1/s1. The number of carbonyl (C=O) groups excluding carboxylic acids is 1. The lowest BCUT2D eigenvalue weighted by molar-refractivity contribution is -0.129. The van der Waals surface area contributed by atoms with E-state index in [1.807, 2.05) is 35.2 Å². The van der Waals surface area contributed by atoms with E-state index in [1.165, 1.54) is 11.8 Å². The van der Waals surface area contributed by atoms with Gasteiger partial charge in [0.1, 0.15) is 13.2 Å². The second-order valence-corrected chi connectivity index (χ2v) is 8.67. The largest absolute Gasteiger partial charge is 0.486 e. The second kappa shape index (κ2) is 8.76. The third-order valence-electron chi connectivity index (χ3n) is 5.36. The number of rotatable bonds is 5. The Morgan fingerprint density at radius 2 is 1.94 bits per heavy atom. The normalized spacial score (nSPS) is 17.7. The van der Waals surface area contributed by atoms with Crippen molar-refractivity contribution in [1.29, 1.82) is 0 Å². The number of likely N-dealkylation sites (tertiary alicyclic amines) is 1. The molecule has 1 saturated heterocycles. The molecule has 0 saturated carbocycles. The van der Waals surface area contributed by atoms with Gasteiger partial charge in [-0.2, -0.15) is 4.68 Å². The van der Waals surface area contributed by atoms with Crippen LogP contribution in [0.4, 0.5) is 0 Å². The predicted molar refractivity (Wildman–Crippen MR) is 116 cm³/mol. The topological polar surface area (TPSA) is 82.4 Å². The summed E-state index contributed by atoms with van der Waals surface area (Å²) in [5, 5.41) is 13.1. The molecule has 0 N–H and O–H groups in total. The molecule has 2 aliphatic rings. The van der Waals surface area contributed by atoms with Gasteiger partial charge in [-0.05, 0) is 65.2 Å². The van der Waals surface area contributed by atoms with Gasteiger partial charge < -0.3 is 14.4 Å². The maximum atomic E-state index is 13.1. The minimum Gasteiger partial charge on any atom is -0.486 e. The molecule has 2 aromatic carbocycles. The monoisotopic (exact) mass is 457 g/mol. The van der Waals surface area contributed by atoms with Crippen molar-refractivity contribution < 1.29 is 14.3 Å². The maximum Gasteiger partial charge on any atom is 0.233 e. The first-order valence-corrected chi connectivity index (χ1v) is 11.4. The quantitative estimate of drug-likeness (QED) is 0.542. The minimum absolute atomic E-state index is 0.0381. The second-order valence-electron chi connectivity index (χ2n) is 7.29. The van der Waals surface area contributed by atoms with E-state index in [-0.39, 0.29) is 17.7 Å². The summed E-state index contributed by atoms with van der Waals surface area (Å²) in [5.74, 6) is 1.83. The van der Waals surface area contributed by atoms with Gasteiger partial charge in [-0.3, -0.25) is 4.79 Å². The fourth-order valence-corrected chi connectivity index (χ4v) is 4.80. The number of thioether (sulfide) groups is 1. The van der Waals surface area contributed by atoms with Crippen LogP contribution in [0.15, 0.2) is 47.6 Å². The van der Waals surface area contributed by atoms with Crippen molar-refractivity contribution in [1.82, 2.24) is 25.1 Å². The first-order valence-electron chi connectivity index (χ1n) is 10.1. The Morgan fingerprint density at radius 1 is 1.13 bits per heavy atom. The average Bonchev–Trinajstić information content (AvgIpc) is 3.47. The number of benzene rings is 2. The molecule has 3 heterocycles. The van der Waals surface area contributed by atoms with E-state index in [2.05, 4.69) is 15.5 Å². The first-order chi connectivity index (χ1) is 15.2. The number of tetrazole rings is 1. The lowest BCUT2D eigenvalue weighted by Gasteiger charge is -2.26. The van der Waals surface area contributed by atoms with E-state index in [9.17, 15) is 4.79 Å². The highest BCUT2D eigenvalue weighted by Crippen LogP contribution is 2.38. The molecule has 1 fully saturated rings. The molecule has 1 atom stereocenters. The third kappa shape index (κ3) is 4.20. The van der Waals surface area contributed by atoms with Gasteiger partial charge in [0.15, 0.2) is 11.5 Å². The van der Waals surface area contributed by atoms with Gasteiger partial charge in [0.2, 0.25) is 11.1 Å². The number of fused-ring (bicyclic) bond motifs is 1. The summed E-state index contributed by atoms with van der Waals surface area (Å²) in [6.07, 6.45) is 1.90. The highest BCUT2D eigenvalue weighted by atomic mass is 35.5. The summed E-state index contributed by atoms with van der Waals surface area (Å²) in [6.45, 7) is 1.84. The molecule has 8 nitrogen and oxygen atoms in total. The molecular formula is C21H20ClN5O3S. The Hall–Kier alpha value is -2.78. The van der Waals surface area contributed by atoms with Crippen molar-refractivity contribution >= 4 is 29.3 Å². The zero-order chi connectivity index (χ0) is 21.2. The molecule has 0 unspecified atom stereocenters. The highest BCUT2D eigenvalue weighted by molar-refractivity contribution is 7.99. The summed E-state index contributed by atoms with van der Waals surface area (Å²) in [5.41, 5.74) is 1.87. The molecule has 1 aromatic heterocycles. The number of halogens is 1. The fraction of sp³-hybridized carbons (Fsp3) is 0.333. The molecular weight excluding hydrogens is 438 g/mol. The summed E-state index contributed by atoms with van der Waals surface area (Å²) >= 11 is 7.29. The van der Waals surface area contributed by atoms with Crippen molar-refractivity contribution in [3.05, 3.63) is 53.1 Å². The van der Waals surface area contributed by atoms with Crippen LogP contribution in [0.2, 0.25) is 5.02 Å². The number of amides is 1. The molecule has 160 valence electrons. The summed E-state index contributed by atoms with van der Waals surface area (Å²) in [7, 11) is 0. The number of hydrogen-bond donors (Lipinski definition) is 0. The lowest BCUT2D eigenvalue weighted by Crippen LogP contribution is -2.32. The molecule has 0 radical (unpaired) electrons. The summed E-state index contributed by atoms with van der Waals surface area (Å²) in [6, 6.07) is 13.2. The molecule has 1 amide bonds. The summed E-state index contributed by atoms with van der Waals surface area (Å²) in [4.78, 5) is 15.0. The van der Waals surface area contributed by atoms with Gasteiger partial charge in [-0.1, -0.05) is 29.4 Å². The van der Waals surface area contributed by atoms with E-state index in [1.54, 1.807) is 16.8 Å². The maximum absolute atomic E-state index is 13.1. The minimum atomic E-state index is 0.0381. The van der Waals surface area contributed by atoms with Crippen LogP contribution >= 0.6 is 23.4 Å². The van der Waals surface area contributed by atoms with Crippen molar-refractivity contribution in [3.8, 4) is 17.2 Å². The lowest BCUT2D eigenvalue weighted by atomic mass is 10.0. The van der Waals surface area contributed by atoms with Crippen molar-refractivity contribution in [2.24, 2.45) is 0 Å². The van der Waals surface area contributed by atoms with Crippen molar-refractivity contribution in [2.45, 2.75) is 24.0 Å². The Labute approximate surface area is 188 Å². The number of aromatic nitrogens is 4. The van der Waals surface area contributed by atoms with Crippen molar-refractivity contribution in [2.75, 3.05) is 25.5 Å². The number of ether oxygens (including phenoxy) is 2. The van der Waals surface area contributed by atoms with E-state index in [0.29, 0.717) is 23.4 Å². The first kappa shape index (κ1) is 20.1. The van der Waals surface area contributed by atoms with Crippen LogP contribution < -0.4 is 9.47 Å². The molecule has 0 bridgehead atoms. The van der Waals surface area contributed by atoms with E-state index < -0.39 is 0 Å². The number of nitrogens with zero attached hydrogens (tertiary/aromatic N) is 5. The zero-order valence-electron chi connectivity index (χ0n) is 16.6. The molecule has 10 heteroatoms. The van der Waals surface area contributed by atoms with Gasteiger partial charge >= 0.3 is 0 Å². The smallest absolute Gasteiger partial charge is 0.233 e. The van der Waals surface area contributed by atoms with Gasteiger partial charge in [0.25, 0.3) is 0 Å². The molecule has 3 aromatic rings. The van der Waals surface area contributed by atoms with Crippen LogP contribution in [-0.4, -0.2) is 56.5 Å². The van der Waals surface area contributed by atoms with E-state index >= 15 is 0 Å². The van der Waals surface area contributed by atoms with E-state index in [0.717, 1.165) is 42.1 Å². The highest BCUT2D eigenvalue weighted by Gasteiger charge is 2.31. The van der Waals surface area contributed by atoms with Gasteiger partial charge in [-0.25, -0.2) is 0 Å². The third-order valence-corrected chi connectivity index (χ3v) is 6.52. The average molecular weight is 458 g/mol. The fourth-order valence-electron chi connectivity index (χ4n) is 3.90. The molecule has 0 aliphatic carbocycles. The van der Waals surface area contributed by atoms with Gasteiger partial charge in [0, 0.05) is 11.6 Å². The van der Waals surface area contributed by atoms with Crippen LogP contribution in [0.25, 0.3) is 5.69 Å². The Kier molecular flexibility index (Phi) is 5.69. The van der Waals surface area contributed by atoms with Crippen molar-refractivity contribution in [3.63, 3.8) is 0 Å². The van der Waals surface area contributed by atoms with Crippen LogP contribution in [0, 0.1) is 0 Å². The Balaban J connectivity index is 1.28. The van der Waals surface area contributed by atoms with Crippen LogP contribution in [-0.2, 0) is 4.79 Å². The summed E-state index contributed by atoms with van der Waals surface area (Å²) < 4.78 is 12.9. The Morgan fingerprint density at radius 3 is 2.77 bits per heavy atom. The predicted octanol–water partition coefficient (Wildman–Crippen LogP) is 3.54.